The molecule has 0 spiro atoms. The Morgan fingerprint density at radius 1 is 1.13 bits per heavy atom. The number of ether oxygens (including phenoxy) is 1. The number of fused-ring (bicyclic) bond motifs is 1. The number of aromatic hydroxyl groups is 1. The fourth-order valence-electron chi connectivity index (χ4n) is 4.46. The summed E-state index contributed by atoms with van der Waals surface area (Å²) in [5, 5.41) is 14.1. The van der Waals surface area contributed by atoms with Crippen LogP contribution in [0.2, 0.25) is 5.02 Å². The van der Waals surface area contributed by atoms with E-state index in [1.807, 2.05) is 66.9 Å². The number of phenolic OH excluding ortho intramolecular Hbond substituents is 1. The third-order valence-corrected chi connectivity index (χ3v) is 7.24. The van der Waals surface area contributed by atoms with Crippen molar-refractivity contribution in [3.8, 4) is 11.5 Å². The Morgan fingerprint density at radius 3 is 2.71 bits per heavy atom. The molecule has 2 aromatic heterocycles. The van der Waals surface area contributed by atoms with Crippen LogP contribution in [0.15, 0.2) is 65.3 Å². The molecule has 200 valence electrons. The molecule has 6 nitrogen and oxygen atoms in total. The van der Waals surface area contributed by atoms with E-state index >= 15 is 0 Å². The topological polar surface area (TPSA) is 75.9 Å². The first-order valence-electron chi connectivity index (χ1n) is 12.8. The van der Waals surface area contributed by atoms with Gasteiger partial charge in [0.25, 0.3) is 0 Å². The van der Waals surface area contributed by atoms with Gasteiger partial charge in [-0.1, -0.05) is 46.6 Å². The molecule has 38 heavy (non-hydrogen) atoms. The van der Waals surface area contributed by atoms with E-state index in [4.69, 9.17) is 21.3 Å². The van der Waals surface area contributed by atoms with E-state index in [0.29, 0.717) is 30.3 Å². The summed E-state index contributed by atoms with van der Waals surface area (Å²) in [4.78, 5) is 17.5. The molecule has 0 radical (unpaired) electrons. The van der Waals surface area contributed by atoms with E-state index in [-0.39, 0.29) is 17.8 Å². The lowest BCUT2D eigenvalue weighted by Crippen LogP contribution is -2.24. The number of hydrogen-bond acceptors (Lipinski definition) is 4. The van der Waals surface area contributed by atoms with Gasteiger partial charge >= 0.3 is 0 Å². The molecule has 0 bridgehead atoms. The summed E-state index contributed by atoms with van der Waals surface area (Å²) in [7, 11) is 0. The first-order valence-corrected chi connectivity index (χ1v) is 14.0. The number of aromatic nitrogens is 2. The molecule has 0 aliphatic carbocycles. The average Bonchev–Trinajstić information content (AvgIpc) is 3.22. The van der Waals surface area contributed by atoms with Crippen LogP contribution in [0, 0.1) is 5.92 Å². The van der Waals surface area contributed by atoms with Crippen molar-refractivity contribution < 1.29 is 14.6 Å². The molecule has 4 aromatic rings. The predicted molar refractivity (Wildman–Crippen MR) is 155 cm³/mol. The lowest BCUT2D eigenvalue weighted by atomic mass is 9.96. The third kappa shape index (κ3) is 7.29. The number of phenols is 1. The van der Waals surface area contributed by atoms with Crippen LogP contribution in [0.5, 0.6) is 11.5 Å². The number of hydrogen-bond donors (Lipinski definition) is 2. The zero-order valence-electron chi connectivity index (χ0n) is 21.9. The maximum atomic E-state index is 12.7. The van der Waals surface area contributed by atoms with Gasteiger partial charge in [-0.25, -0.2) is 4.98 Å². The molecule has 1 atom stereocenters. The zero-order valence-corrected chi connectivity index (χ0v) is 24.2. The van der Waals surface area contributed by atoms with Crippen molar-refractivity contribution in [2.24, 2.45) is 5.92 Å². The maximum absolute atomic E-state index is 12.7. The van der Waals surface area contributed by atoms with E-state index in [1.165, 1.54) is 0 Å². The fourth-order valence-corrected chi connectivity index (χ4v) is 5.12. The minimum atomic E-state index is -0.0167. The second kappa shape index (κ2) is 12.7. The number of amides is 1. The standard InChI is InChI=1S/C30H33BrClN3O3/c1-19(2)38-24-10-8-21(25(32)17-24)14-20(3)7-12-30(37)33-18-26-27(35-13-5-4-6-29(35)34-26)16-22-15-23(31)9-11-28(22)36/h4-6,8-11,13,15,17,19-20,36H,7,12,14,16,18H2,1-3H3,(H,33,37). The Labute approximate surface area is 237 Å². The van der Waals surface area contributed by atoms with Crippen molar-refractivity contribution in [2.45, 2.75) is 59.1 Å². The minimum absolute atomic E-state index is 0.0167. The van der Waals surface area contributed by atoms with Crippen LogP contribution in [0.25, 0.3) is 5.65 Å². The molecule has 0 aliphatic rings. The van der Waals surface area contributed by atoms with Crippen LogP contribution in [0.4, 0.5) is 0 Å². The summed E-state index contributed by atoms with van der Waals surface area (Å²) in [6.07, 6.45) is 4.49. The minimum Gasteiger partial charge on any atom is -0.508 e. The summed E-state index contributed by atoms with van der Waals surface area (Å²) in [6, 6.07) is 17.0. The Kier molecular flexibility index (Phi) is 9.34. The number of rotatable bonds is 11. The van der Waals surface area contributed by atoms with Gasteiger partial charge in [-0.15, -0.1) is 0 Å². The van der Waals surface area contributed by atoms with Gasteiger partial charge in [0.1, 0.15) is 17.1 Å². The van der Waals surface area contributed by atoms with Crippen LogP contribution in [0.3, 0.4) is 0 Å². The van der Waals surface area contributed by atoms with Gasteiger partial charge in [0.15, 0.2) is 0 Å². The molecule has 2 heterocycles. The Morgan fingerprint density at radius 2 is 1.95 bits per heavy atom. The van der Waals surface area contributed by atoms with E-state index in [0.717, 1.165) is 51.2 Å². The molecule has 8 heteroatoms. The largest absolute Gasteiger partial charge is 0.508 e. The molecule has 2 N–H and O–H groups in total. The fraction of sp³-hybridized carbons (Fsp3) is 0.333. The highest BCUT2D eigenvalue weighted by molar-refractivity contribution is 9.10. The van der Waals surface area contributed by atoms with Crippen LogP contribution in [-0.4, -0.2) is 26.5 Å². The molecule has 4 rings (SSSR count). The van der Waals surface area contributed by atoms with Crippen molar-refractivity contribution in [3.63, 3.8) is 0 Å². The van der Waals surface area contributed by atoms with Gasteiger partial charge in [0, 0.05) is 34.1 Å². The Hall–Kier alpha value is -3.03. The Bertz CT molecular complexity index is 1420. The predicted octanol–water partition coefficient (Wildman–Crippen LogP) is 7.11. The number of pyridine rings is 1. The molecule has 1 unspecified atom stereocenters. The number of nitrogens with one attached hydrogen (secondary N) is 1. The lowest BCUT2D eigenvalue weighted by molar-refractivity contribution is -0.121. The molecule has 2 aromatic carbocycles. The summed E-state index contributed by atoms with van der Waals surface area (Å²) in [6.45, 7) is 6.42. The molecular formula is C30H33BrClN3O3. The van der Waals surface area contributed by atoms with Gasteiger partial charge in [0.05, 0.1) is 24.0 Å². The van der Waals surface area contributed by atoms with Crippen molar-refractivity contribution in [3.05, 3.63) is 92.8 Å². The number of nitrogens with zero attached hydrogens (tertiary/aromatic N) is 2. The van der Waals surface area contributed by atoms with E-state index in [9.17, 15) is 9.90 Å². The number of imidazole rings is 1. The quantitative estimate of drug-likeness (QED) is 0.193. The summed E-state index contributed by atoms with van der Waals surface area (Å²) >= 11 is 9.96. The second-order valence-electron chi connectivity index (χ2n) is 9.93. The van der Waals surface area contributed by atoms with Crippen LogP contribution in [0.1, 0.15) is 56.1 Å². The average molecular weight is 599 g/mol. The summed E-state index contributed by atoms with van der Waals surface area (Å²) < 4.78 is 8.61. The molecule has 0 saturated heterocycles. The number of carbonyl (C=O) groups is 1. The van der Waals surface area contributed by atoms with E-state index < -0.39 is 0 Å². The first-order chi connectivity index (χ1) is 18.2. The van der Waals surface area contributed by atoms with Crippen molar-refractivity contribution in [1.82, 2.24) is 14.7 Å². The highest BCUT2D eigenvalue weighted by Crippen LogP contribution is 2.28. The number of carbonyl (C=O) groups excluding carboxylic acids is 1. The zero-order chi connectivity index (χ0) is 27.2. The summed E-state index contributed by atoms with van der Waals surface area (Å²) in [5.74, 6) is 1.27. The molecule has 0 fully saturated rings. The van der Waals surface area contributed by atoms with E-state index in [2.05, 4.69) is 28.2 Å². The van der Waals surface area contributed by atoms with Crippen molar-refractivity contribution in [2.75, 3.05) is 0 Å². The highest BCUT2D eigenvalue weighted by Gasteiger charge is 2.16. The number of halogens is 2. The third-order valence-electron chi connectivity index (χ3n) is 6.39. The lowest BCUT2D eigenvalue weighted by Gasteiger charge is -2.15. The molecule has 1 amide bonds. The van der Waals surface area contributed by atoms with Crippen LogP contribution in [-0.2, 0) is 24.2 Å². The monoisotopic (exact) mass is 597 g/mol. The molecule has 0 saturated carbocycles. The van der Waals surface area contributed by atoms with Gasteiger partial charge in [-0.2, -0.15) is 0 Å². The first kappa shape index (κ1) is 28.0. The van der Waals surface area contributed by atoms with Crippen molar-refractivity contribution >= 4 is 39.1 Å². The maximum Gasteiger partial charge on any atom is 0.220 e. The normalized spacial score (nSPS) is 12.2. The van der Waals surface area contributed by atoms with Crippen molar-refractivity contribution in [1.29, 1.82) is 0 Å². The highest BCUT2D eigenvalue weighted by atomic mass is 79.9. The smallest absolute Gasteiger partial charge is 0.220 e. The van der Waals surface area contributed by atoms with Gasteiger partial charge in [-0.3, -0.25) is 4.79 Å². The Balaban J connectivity index is 1.36. The van der Waals surface area contributed by atoms with Crippen LogP contribution < -0.4 is 10.1 Å². The van der Waals surface area contributed by atoms with Gasteiger partial charge in [0.2, 0.25) is 5.91 Å². The molecule has 0 aliphatic heterocycles. The molecular weight excluding hydrogens is 566 g/mol. The number of benzene rings is 2. The van der Waals surface area contributed by atoms with E-state index in [1.54, 1.807) is 12.1 Å². The van der Waals surface area contributed by atoms with Gasteiger partial charge < -0.3 is 19.6 Å². The summed E-state index contributed by atoms with van der Waals surface area (Å²) in [5.41, 5.74) is 4.36. The second-order valence-corrected chi connectivity index (χ2v) is 11.3. The SMILES string of the molecule is CC(CCC(=O)NCc1nc2ccccn2c1Cc1cc(Br)ccc1O)Cc1ccc(OC(C)C)cc1Cl. The van der Waals surface area contributed by atoms with Crippen LogP contribution >= 0.6 is 27.5 Å². The van der Waals surface area contributed by atoms with Gasteiger partial charge in [-0.05, 0) is 80.6 Å².